The summed E-state index contributed by atoms with van der Waals surface area (Å²) in [4.78, 5) is 14.3. The second-order valence-corrected chi connectivity index (χ2v) is 5.25. The molecule has 1 unspecified atom stereocenters. The zero-order valence-electron chi connectivity index (χ0n) is 9.50. The molecule has 0 saturated carbocycles. The van der Waals surface area contributed by atoms with Crippen molar-refractivity contribution in [2.45, 2.75) is 4.90 Å². The van der Waals surface area contributed by atoms with Crippen LogP contribution >= 0.6 is 0 Å². The number of morpholine rings is 1. The number of carbonyl (C=O) groups excluding carboxylic acids is 1. The molecule has 1 aliphatic rings. The minimum atomic E-state index is -1.25. The van der Waals surface area contributed by atoms with Gasteiger partial charge in [0.2, 0.25) is 5.91 Å². The molecule has 1 heterocycles. The van der Waals surface area contributed by atoms with Crippen LogP contribution in [-0.4, -0.2) is 47.1 Å². The van der Waals surface area contributed by atoms with Gasteiger partial charge < -0.3 is 9.64 Å². The first kappa shape index (κ1) is 12.3. The van der Waals surface area contributed by atoms with Crippen LogP contribution in [0.15, 0.2) is 35.2 Å². The molecule has 4 nitrogen and oxygen atoms in total. The molecule has 1 aliphatic heterocycles. The molecule has 1 aromatic rings. The van der Waals surface area contributed by atoms with Crippen molar-refractivity contribution in [1.29, 1.82) is 0 Å². The van der Waals surface area contributed by atoms with Crippen molar-refractivity contribution in [1.82, 2.24) is 4.90 Å². The summed E-state index contributed by atoms with van der Waals surface area (Å²) < 4.78 is 17.1. The number of hydrogen-bond donors (Lipinski definition) is 0. The zero-order chi connectivity index (χ0) is 12.1. The molecule has 5 heteroatoms. The number of nitrogens with zero attached hydrogens (tertiary/aromatic N) is 1. The molecule has 92 valence electrons. The van der Waals surface area contributed by atoms with E-state index in [-0.39, 0.29) is 11.7 Å². The van der Waals surface area contributed by atoms with Gasteiger partial charge >= 0.3 is 0 Å². The average molecular weight is 253 g/mol. The van der Waals surface area contributed by atoms with Crippen LogP contribution in [0, 0.1) is 0 Å². The number of hydrogen-bond acceptors (Lipinski definition) is 3. The lowest BCUT2D eigenvalue weighted by atomic mass is 10.4. The summed E-state index contributed by atoms with van der Waals surface area (Å²) in [6.07, 6.45) is 0. The molecule has 1 saturated heterocycles. The first-order chi connectivity index (χ1) is 8.27. The summed E-state index contributed by atoms with van der Waals surface area (Å²) in [5.74, 6) is -0.000198. The van der Waals surface area contributed by atoms with Crippen LogP contribution in [-0.2, 0) is 20.3 Å². The third-order valence-corrected chi connectivity index (χ3v) is 3.93. The smallest absolute Gasteiger partial charge is 0.235 e. The van der Waals surface area contributed by atoms with E-state index in [1.54, 1.807) is 17.0 Å². The van der Waals surface area contributed by atoms with Crippen molar-refractivity contribution in [2.24, 2.45) is 0 Å². The van der Waals surface area contributed by atoms with Gasteiger partial charge in [-0.15, -0.1) is 0 Å². The van der Waals surface area contributed by atoms with Gasteiger partial charge in [0, 0.05) is 18.0 Å². The van der Waals surface area contributed by atoms with E-state index in [9.17, 15) is 9.00 Å². The number of amides is 1. The number of ether oxygens (including phenoxy) is 1. The van der Waals surface area contributed by atoms with Crippen LogP contribution in [0.4, 0.5) is 0 Å². The lowest BCUT2D eigenvalue weighted by Gasteiger charge is -2.26. The van der Waals surface area contributed by atoms with Gasteiger partial charge in [-0.2, -0.15) is 0 Å². The van der Waals surface area contributed by atoms with Gasteiger partial charge in [-0.3, -0.25) is 9.00 Å². The Hall–Kier alpha value is -1.20. The normalized spacial score (nSPS) is 17.8. The Bertz CT molecular complexity index is 401. The standard InChI is InChI=1S/C12H15NO3S/c14-12(13-6-8-16-9-7-13)10-17(15)11-4-2-1-3-5-11/h1-5H,6-10H2. The van der Waals surface area contributed by atoms with Crippen LogP contribution in [0.1, 0.15) is 0 Å². The quantitative estimate of drug-likeness (QED) is 0.794. The largest absolute Gasteiger partial charge is 0.378 e. The predicted octanol–water partition coefficient (Wildman–Crippen LogP) is 0.653. The van der Waals surface area contributed by atoms with Gasteiger partial charge in [0.25, 0.3) is 0 Å². The van der Waals surface area contributed by atoms with E-state index in [2.05, 4.69) is 0 Å². The molecule has 0 aliphatic carbocycles. The molecule has 0 bridgehead atoms. The maximum Gasteiger partial charge on any atom is 0.235 e. The summed E-state index contributed by atoms with van der Waals surface area (Å²) in [6.45, 7) is 2.35. The van der Waals surface area contributed by atoms with Crippen LogP contribution in [0.2, 0.25) is 0 Å². The first-order valence-electron chi connectivity index (χ1n) is 5.56. The summed E-state index contributed by atoms with van der Waals surface area (Å²) in [5.41, 5.74) is 0. The molecule has 2 rings (SSSR count). The Labute approximate surface area is 103 Å². The fourth-order valence-electron chi connectivity index (χ4n) is 1.67. The van der Waals surface area contributed by atoms with Crippen LogP contribution < -0.4 is 0 Å². The van der Waals surface area contributed by atoms with E-state index in [0.717, 1.165) is 0 Å². The third kappa shape index (κ3) is 3.38. The van der Waals surface area contributed by atoms with E-state index < -0.39 is 10.8 Å². The Morgan fingerprint density at radius 3 is 2.53 bits per heavy atom. The summed E-state index contributed by atoms with van der Waals surface area (Å²) in [5, 5.41) is 0. The zero-order valence-corrected chi connectivity index (χ0v) is 10.3. The molecule has 1 atom stereocenters. The third-order valence-electron chi connectivity index (χ3n) is 2.62. The highest BCUT2D eigenvalue weighted by molar-refractivity contribution is 7.85. The monoisotopic (exact) mass is 253 g/mol. The van der Waals surface area contributed by atoms with Crippen molar-refractivity contribution in [2.75, 3.05) is 32.1 Å². The lowest BCUT2D eigenvalue weighted by molar-refractivity contribution is -0.132. The van der Waals surface area contributed by atoms with Gasteiger partial charge in [0.15, 0.2) is 0 Å². The van der Waals surface area contributed by atoms with Crippen molar-refractivity contribution in [3.05, 3.63) is 30.3 Å². The van der Waals surface area contributed by atoms with E-state index in [0.29, 0.717) is 31.2 Å². The first-order valence-corrected chi connectivity index (χ1v) is 6.88. The van der Waals surface area contributed by atoms with Gasteiger partial charge in [-0.1, -0.05) is 18.2 Å². The highest BCUT2D eigenvalue weighted by Gasteiger charge is 2.19. The molecule has 1 fully saturated rings. The molecule has 1 amide bonds. The summed E-state index contributed by atoms with van der Waals surface area (Å²) in [7, 11) is -1.25. The highest BCUT2D eigenvalue weighted by Crippen LogP contribution is 2.07. The Morgan fingerprint density at radius 1 is 1.24 bits per heavy atom. The molecule has 0 radical (unpaired) electrons. The van der Waals surface area contributed by atoms with E-state index in [1.165, 1.54) is 0 Å². The Balaban J connectivity index is 1.92. The fourth-order valence-corrected chi connectivity index (χ4v) is 2.71. The van der Waals surface area contributed by atoms with Gasteiger partial charge in [0.1, 0.15) is 5.75 Å². The van der Waals surface area contributed by atoms with E-state index in [1.807, 2.05) is 18.2 Å². The van der Waals surface area contributed by atoms with Crippen LogP contribution in [0.25, 0.3) is 0 Å². The van der Waals surface area contributed by atoms with Gasteiger partial charge in [-0.25, -0.2) is 0 Å². The number of rotatable bonds is 3. The summed E-state index contributed by atoms with van der Waals surface area (Å²) in [6, 6.07) is 9.08. The van der Waals surface area contributed by atoms with E-state index >= 15 is 0 Å². The Morgan fingerprint density at radius 2 is 1.88 bits per heavy atom. The SMILES string of the molecule is O=C(CS(=O)c1ccccc1)N1CCOCC1. The van der Waals surface area contributed by atoms with Crippen molar-refractivity contribution >= 4 is 16.7 Å². The van der Waals surface area contributed by atoms with E-state index in [4.69, 9.17) is 4.74 Å². The molecule has 0 aromatic heterocycles. The van der Waals surface area contributed by atoms with Gasteiger partial charge in [0.05, 0.1) is 24.0 Å². The fraction of sp³-hybridized carbons (Fsp3) is 0.417. The van der Waals surface area contributed by atoms with Gasteiger partial charge in [-0.05, 0) is 12.1 Å². The highest BCUT2D eigenvalue weighted by atomic mass is 32.2. The topological polar surface area (TPSA) is 46.6 Å². The van der Waals surface area contributed by atoms with Crippen LogP contribution in [0.5, 0.6) is 0 Å². The predicted molar refractivity (Wildman–Crippen MR) is 65.1 cm³/mol. The molecular formula is C12H15NO3S. The molecule has 1 aromatic carbocycles. The average Bonchev–Trinajstić information content (AvgIpc) is 2.40. The number of benzene rings is 1. The van der Waals surface area contributed by atoms with Crippen molar-refractivity contribution < 1.29 is 13.7 Å². The lowest BCUT2D eigenvalue weighted by Crippen LogP contribution is -2.42. The van der Waals surface area contributed by atoms with Crippen LogP contribution in [0.3, 0.4) is 0 Å². The molecule has 0 N–H and O–H groups in total. The molecule has 17 heavy (non-hydrogen) atoms. The minimum absolute atomic E-state index is 0.0595. The van der Waals surface area contributed by atoms with Crippen molar-refractivity contribution in [3.8, 4) is 0 Å². The maximum absolute atomic E-state index is 11.9. The second kappa shape index (κ2) is 5.93. The summed E-state index contributed by atoms with van der Waals surface area (Å²) >= 11 is 0. The minimum Gasteiger partial charge on any atom is -0.378 e. The second-order valence-electron chi connectivity index (χ2n) is 3.80. The van der Waals surface area contributed by atoms with Crippen molar-refractivity contribution in [3.63, 3.8) is 0 Å². The number of carbonyl (C=O) groups is 1. The Kier molecular flexibility index (Phi) is 4.28. The molecule has 0 spiro atoms. The molecular weight excluding hydrogens is 238 g/mol. The maximum atomic E-state index is 11.9.